The first kappa shape index (κ1) is 14.4. The molecule has 1 saturated heterocycles. The van der Waals surface area contributed by atoms with Gasteiger partial charge in [-0.2, -0.15) is 5.10 Å². The second-order valence-electron chi connectivity index (χ2n) is 5.36. The van der Waals surface area contributed by atoms with Crippen molar-refractivity contribution in [2.24, 2.45) is 13.0 Å². The van der Waals surface area contributed by atoms with Gasteiger partial charge in [0.15, 0.2) is 0 Å². The lowest BCUT2D eigenvalue weighted by Crippen LogP contribution is -2.39. The molecule has 110 valence electrons. The van der Waals surface area contributed by atoms with Crippen LogP contribution >= 0.6 is 0 Å². The SMILES string of the molecule is CN(Cc1cnn(C)c1)C(=O)N1CCC(CC(=O)O)C1. The zero-order valence-corrected chi connectivity index (χ0v) is 11.8. The van der Waals surface area contributed by atoms with Gasteiger partial charge >= 0.3 is 12.0 Å². The van der Waals surface area contributed by atoms with E-state index < -0.39 is 5.97 Å². The topological polar surface area (TPSA) is 78.7 Å². The average molecular weight is 280 g/mol. The monoisotopic (exact) mass is 280 g/mol. The summed E-state index contributed by atoms with van der Waals surface area (Å²) >= 11 is 0. The number of carbonyl (C=O) groups excluding carboxylic acids is 1. The number of urea groups is 1. The Morgan fingerprint density at radius 2 is 2.30 bits per heavy atom. The molecule has 7 heteroatoms. The molecule has 1 N–H and O–H groups in total. The molecule has 0 bridgehead atoms. The van der Waals surface area contributed by atoms with E-state index in [1.54, 1.807) is 27.7 Å². The summed E-state index contributed by atoms with van der Waals surface area (Å²) in [7, 11) is 3.59. The molecule has 1 aromatic heterocycles. The number of carboxylic acid groups (broad SMARTS) is 1. The van der Waals surface area contributed by atoms with Gasteiger partial charge in [0.1, 0.15) is 0 Å². The molecule has 0 aliphatic carbocycles. The smallest absolute Gasteiger partial charge is 0.320 e. The molecule has 20 heavy (non-hydrogen) atoms. The highest BCUT2D eigenvalue weighted by Crippen LogP contribution is 2.20. The predicted molar refractivity (Wildman–Crippen MR) is 72.0 cm³/mol. The molecular formula is C13H20N4O3. The lowest BCUT2D eigenvalue weighted by Gasteiger charge is -2.24. The quantitative estimate of drug-likeness (QED) is 0.883. The standard InChI is InChI=1S/C13H20N4O3/c1-15(7-11-6-14-16(2)8-11)13(20)17-4-3-10(9-17)5-12(18)19/h6,8,10H,3-5,7,9H2,1-2H3,(H,18,19). The van der Waals surface area contributed by atoms with Crippen LogP contribution < -0.4 is 0 Å². The van der Waals surface area contributed by atoms with Crippen LogP contribution in [0.25, 0.3) is 0 Å². The van der Waals surface area contributed by atoms with Gasteiger partial charge in [-0.05, 0) is 12.3 Å². The Kier molecular flexibility index (Phi) is 4.26. The van der Waals surface area contributed by atoms with E-state index in [-0.39, 0.29) is 18.4 Å². The average Bonchev–Trinajstić information content (AvgIpc) is 2.97. The second kappa shape index (κ2) is 5.94. The summed E-state index contributed by atoms with van der Waals surface area (Å²) in [4.78, 5) is 26.3. The Bertz CT molecular complexity index is 500. The number of carbonyl (C=O) groups is 2. The van der Waals surface area contributed by atoms with Gasteiger partial charge < -0.3 is 14.9 Å². The van der Waals surface area contributed by atoms with Crippen molar-refractivity contribution in [2.45, 2.75) is 19.4 Å². The molecule has 0 radical (unpaired) electrons. The summed E-state index contributed by atoms with van der Waals surface area (Å²) in [5.74, 6) is -0.726. The number of nitrogens with zero attached hydrogens (tertiary/aromatic N) is 4. The van der Waals surface area contributed by atoms with E-state index in [4.69, 9.17) is 5.11 Å². The highest BCUT2D eigenvalue weighted by molar-refractivity contribution is 5.74. The van der Waals surface area contributed by atoms with Crippen molar-refractivity contribution < 1.29 is 14.7 Å². The number of aryl methyl sites for hydroxylation is 1. The van der Waals surface area contributed by atoms with Crippen LogP contribution in [0.15, 0.2) is 12.4 Å². The van der Waals surface area contributed by atoms with E-state index in [0.717, 1.165) is 12.0 Å². The first-order valence-electron chi connectivity index (χ1n) is 6.65. The summed E-state index contributed by atoms with van der Waals surface area (Å²) in [5.41, 5.74) is 0.977. The molecule has 0 spiro atoms. The van der Waals surface area contributed by atoms with E-state index in [2.05, 4.69) is 5.10 Å². The largest absolute Gasteiger partial charge is 0.481 e. The third-order valence-corrected chi connectivity index (χ3v) is 3.52. The lowest BCUT2D eigenvalue weighted by atomic mass is 10.1. The van der Waals surface area contributed by atoms with Gasteiger partial charge in [-0.1, -0.05) is 0 Å². The lowest BCUT2D eigenvalue weighted by molar-refractivity contribution is -0.138. The zero-order chi connectivity index (χ0) is 14.7. The number of aromatic nitrogens is 2. The van der Waals surface area contributed by atoms with Crippen LogP contribution in [0.1, 0.15) is 18.4 Å². The number of hydrogen-bond acceptors (Lipinski definition) is 3. The zero-order valence-electron chi connectivity index (χ0n) is 11.8. The Morgan fingerprint density at radius 3 is 2.90 bits per heavy atom. The summed E-state index contributed by atoms with van der Waals surface area (Å²) in [6.45, 7) is 1.67. The molecule has 1 unspecified atom stereocenters. The van der Waals surface area contributed by atoms with Gasteiger partial charge in [-0.15, -0.1) is 0 Å². The van der Waals surface area contributed by atoms with Crippen LogP contribution in [0.5, 0.6) is 0 Å². The molecule has 2 amide bonds. The molecule has 0 aromatic carbocycles. The number of carboxylic acids is 1. The maximum Gasteiger partial charge on any atom is 0.320 e. The van der Waals surface area contributed by atoms with Gasteiger partial charge in [0.05, 0.1) is 12.7 Å². The molecule has 0 saturated carbocycles. The van der Waals surface area contributed by atoms with E-state index >= 15 is 0 Å². The highest BCUT2D eigenvalue weighted by Gasteiger charge is 2.29. The Labute approximate surface area is 117 Å². The fourth-order valence-corrected chi connectivity index (χ4v) is 2.56. The van der Waals surface area contributed by atoms with Gasteiger partial charge in [0, 0.05) is 45.4 Å². The molecule has 1 atom stereocenters. The summed E-state index contributed by atoms with van der Waals surface area (Å²) in [5, 5.41) is 12.9. The minimum Gasteiger partial charge on any atom is -0.481 e. The van der Waals surface area contributed by atoms with Crippen molar-refractivity contribution in [1.82, 2.24) is 19.6 Å². The van der Waals surface area contributed by atoms with E-state index in [0.29, 0.717) is 19.6 Å². The van der Waals surface area contributed by atoms with Gasteiger partial charge in [0.2, 0.25) is 0 Å². The number of amides is 2. The Hall–Kier alpha value is -2.05. The number of hydrogen-bond donors (Lipinski definition) is 1. The molecule has 2 rings (SSSR count). The van der Waals surface area contributed by atoms with Crippen molar-refractivity contribution in [1.29, 1.82) is 0 Å². The third-order valence-electron chi connectivity index (χ3n) is 3.52. The number of aliphatic carboxylic acids is 1. The van der Waals surface area contributed by atoms with Crippen LogP contribution in [-0.4, -0.2) is 56.8 Å². The minimum absolute atomic E-state index is 0.0539. The second-order valence-corrected chi connectivity index (χ2v) is 5.36. The van der Waals surface area contributed by atoms with Crippen LogP contribution in [-0.2, 0) is 18.4 Å². The Balaban J connectivity index is 1.86. The fourth-order valence-electron chi connectivity index (χ4n) is 2.56. The van der Waals surface area contributed by atoms with Crippen molar-refractivity contribution in [3.63, 3.8) is 0 Å². The third kappa shape index (κ3) is 3.49. The number of likely N-dealkylation sites (tertiary alicyclic amines) is 1. The first-order valence-corrected chi connectivity index (χ1v) is 6.65. The molecular weight excluding hydrogens is 260 g/mol. The number of rotatable bonds is 4. The minimum atomic E-state index is -0.798. The summed E-state index contributed by atoms with van der Waals surface area (Å²) in [6, 6.07) is -0.0539. The molecule has 2 heterocycles. The highest BCUT2D eigenvalue weighted by atomic mass is 16.4. The van der Waals surface area contributed by atoms with Crippen molar-refractivity contribution in [3.05, 3.63) is 18.0 Å². The first-order chi connectivity index (χ1) is 9.45. The van der Waals surface area contributed by atoms with Crippen molar-refractivity contribution >= 4 is 12.0 Å². The van der Waals surface area contributed by atoms with E-state index in [1.807, 2.05) is 13.2 Å². The maximum atomic E-state index is 12.3. The fraction of sp³-hybridized carbons (Fsp3) is 0.615. The molecule has 1 aliphatic rings. The Morgan fingerprint density at radius 1 is 1.55 bits per heavy atom. The van der Waals surface area contributed by atoms with Gasteiger partial charge in [-0.3, -0.25) is 9.48 Å². The van der Waals surface area contributed by atoms with Crippen molar-refractivity contribution in [3.8, 4) is 0 Å². The summed E-state index contributed by atoms with van der Waals surface area (Å²) < 4.78 is 1.70. The molecule has 1 fully saturated rings. The molecule has 7 nitrogen and oxygen atoms in total. The van der Waals surface area contributed by atoms with E-state index in [9.17, 15) is 9.59 Å². The molecule has 1 aromatic rings. The van der Waals surface area contributed by atoms with Gasteiger partial charge in [0.25, 0.3) is 0 Å². The van der Waals surface area contributed by atoms with Crippen LogP contribution in [0.3, 0.4) is 0 Å². The van der Waals surface area contributed by atoms with Crippen LogP contribution in [0, 0.1) is 5.92 Å². The normalized spacial score (nSPS) is 18.3. The summed E-state index contributed by atoms with van der Waals surface area (Å²) in [6.07, 6.45) is 4.51. The van der Waals surface area contributed by atoms with Crippen LogP contribution in [0.4, 0.5) is 4.79 Å². The molecule has 1 aliphatic heterocycles. The predicted octanol–water partition coefficient (Wildman–Crippen LogP) is 0.769. The van der Waals surface area contributed by atoms with Crippen LogP contribution in [0.2, 0.25) is 0 Å². The van der Waals surface area contributed by atoms with Crippen molar-refractivity contribution in [2.75, 3.05) is 20.1 Å². The van der Waals surface area contributed by atoms with Gasteiger partial charge in [-0.25, -0.2) is 4.79 Å². The maximum absolute atomic E-state index is 12.3. The van der Waals surface area contributed by atoms with E-state index in [1.165, 1.54) is 0 Å².